The van der Waals surface area contributed by atoms with Crippen molar-refractivity contribution >= 4 is 12.4 Å². The van der Waals surface area contributed by atoms with Crippen molar-refractivity contribution in [3.63, 3.8) is 0 Å². The predicted molar refractivity (Wildman–Crippen MR) is 83.3 cm³/mol. The Labute approximate surface area is 128 Å². The van der Waals surface area contributed by atoms with Gasteiger partial charge in [-0.05, 0) is 46.6 Å². The molecule has 1 amide bonds. The summed E-state index contributed by atoms with van der Waals surface area (Å²) in [4.78, 5) is 27.9. The fourth-order valence-electron chi connectivity index (χ4n) is 2.97. The van der Waals surface area contributed by atoms with Gasteiger partial charge >= 0.3 is 6.09 Å². The van der Waals surface area contributed by atoms with Crippen molar-refractivity contribution in [3.8, 4) is 0 Å². The minimum absolute atomic E-state index is 0.384. The molecule has 5 heteroatoms. The molecule has 0 bridgehead atoms. The highest BCUT2D eigenvalue weighted by Gasteiger charge is 2.46. The molecule has 0 aliphatic carbocycles. The van der Waals surface area contributed by atoms with E-state index < -0.39 is 11.1 Å². The summed E-state index contributed by atoms with van der Waals surface area (Å²) >= 11 is 0. The van der Waals surface area contributed by atoms with E-state index in [2.05, 4.69) is 18.7 Å². The molecule has 21 heavy (non-hydrogen) atoms. The lowest BCUT2D eigenvalue weighted by Gasteiger charge is -2.37. The second-order valence-electron chi connectivity index (χ2n) is 7.55. The van der Waals surface area contributed by atoms with Crippen molar-refractivity contribution in [2.24, 2.45) is 5.92 Å². The zero-order chi connectivity index (χ0) is 16.3. The molecular weight excluding hydrogens is 268 g/mol. The summed E-state index contributed by atoms with van der Waals surface area (Å²) in [5.41, 5.74) is -1.29. The van der Waals surface area contributed by atoms with Gasteiger partial charge < -0.3 is 14.4 Å². The quantitative estimate of drug-likeness (QED) is 0.732. The largest absolute Gasteiger partial charge is 0.444 e. The molecule has 0 aromatic carbocycles. The average molecular weight is 298 g/mol. The summed E-state index contributed by atoms with van der Waals surface area (Å²) in [7, 11) is 2.00. The maximum Gasteiger partial charge on any atom is 0.411 e. The monoisotopic (exact) mass is 298 g/mol. The molecule has 0 radical (unpaired) electrons. The molecule has 0 saturated carbocycles. The Balaban J connectivity index is 2.83. The van der Waals surface area contributed by atoms with E-state index in [4.69, 9.17) is 4.74 Å². The van der Waals surface area contributed by atoms with E-state index in [-0.39, 0.29) is 6.09 Å². The first kappa shape index (κ1) is 18.0. The van der Waals surface area contributed by atoms with Gasteiger partial charge in [0.25, 0.3) is 0 Å². The molecule has 1 atom stereocenters. The lowest BCUT2D eigenvalue weighted by molar-refractivity contribution is -0.118. The van der Waals surface area contributed by atoms with E-state index in [0.29, 0.717) is 25.4 Å². The fraction of sp³-hybridized carbons (Fsp3) is 0.875. The van der Waals surface area contributed by atoms with Crippen LogP contribution in [-0.2, 0) is 9.53 Å². The number of ether oxygens (including phenoxy) is 1. The zero-order valence-electron chi connectivity index (χ0n) is 14.3. The Kier molecular flexibility index (Phi) is 5.79. The van der Waals surface area contributed by atoms with Crippen molar-refractivity contribution < 1.29 is 14.3 Å². The predicted octanol–water partition coefficient (Wildman–Crippen LogP) is 2.54. The van der Waals surface area contributed by atoms with Gasteiger partial charge in [-0.15, -0.1) is 0 Å². The maximum absolute atomic E-state index is 12.4. The highest BCUT2D eigenvalue weighted by molar-refractivity contribution is 5.78. The van der Waals surface area contributed by atoms with Gasteiger partial charge in [-0.3, -0.25) is 4.90 Å². The number of hydrogen-bond donors (Lipinski definition) is 0. The summed E-state index contributed by atoms with van der Waals surface area (Å²) in [6, 6.07) is 0. The van der Waals surface area contributed by atoms with Crippen LogP contribution >= 0.6 is 0 Å². The molecule has 1 aliphatic heterocycles. The molecule has 5 nitrogen and oxygen atoms in total. The van der Waals surface area contributed by atoms with Crippen LogP contribution in [0.4, 0.5) is 4.79 Å². The normalized spacial score (nSPS) is 23.0. The lowest BCUT2D eigenvalue weighted by Crippen LogP contribution is -2.56. The molecule has 0 aromatic heterocycles. The maximum atomic E-state index is 12.4. The summed E-state index contributed by atoms with van der Waals surface area (Å²) in [5.74, 6) is 0.523. The van der Waals surface area contributed by atoms with Crippen LogP contribution in [0.25, 0.3) is 0 Å². The molecule has 122 valence electrons. The first-order chi connectivity index (χ1) is 9.59. The van der Waals surface area contributed by atoms with E-state index in [1.807, 2.05) is 27.8 Å². The molecular formula is C16H30N2O3. The van der Waals surface area contributed by atoms with Crippen LogP contribution in [0.2, 0.25) is 0 Å². The van der Waals surface area contributed by atoms with Gasteiger partial charge in [-0.2, -0.15) is 0 Å². The molecule has 0 spiro atoms. The Bertz CT molecular complexity index is 376. The minimum atomic E-state index is -0.744. The molecule has 1 saturated heterocycles. The lowest BCUT2D eigenvalue weighted by atomic mass is 9.97. The number of likely N-dealkylation sites (N-methyl/N-ethyl adjacent to an activating group) is 1. The first-order valence-electron chi connectivity index (χ1n) is 7.75. The van der Waals surface area contributed by atoms with Gasteiger partial charge in [-0.25, -0.2) is 4.79 Å². The van der Waals surface area contributed by atoms with E-state index in [1.165, 1.54) is 0 Å². The molecule has 0 N–H and O–H groups in total. The number of aldehydes is 1. The highest BCUT2D eigenvalue weighted by atomic mass is 16.6. The number of carbonyl (C=O) groups is 2. The Morgan fingerprint density at radius 3 is 2.52 bits per heavy atom. The van der Waals surface area contributed by atoms with Crippen LogP contribution < -0.4 is 0 Å². The Morgan fingerprint density at radius 2 is 2.05 bits per heavy atom. The van der Waals surface area contributed by atoms with Gasteiger partial charge in [0, 0.05) is 19.6 Å². The van der Waals surface area contributed by atoms with Crippen LogP contribution in [0.1, 0.15) is 47.5 Å². The van der Waals surface area contributed by atoms with Crippen LogP contribution in [0.5, 0.6) is 0 Å². The van der Waals surface area contributed by atoms with Crippen molar-refractivity contribution in [1.29, 1.82) is 0 Å². The Hall–Kier alpha value is -1.10. The Morgan fingerprint density at radius 1 is 1.43 bits per heavy atom. The standard InChI is InChI=1S/C16H30N2O3/c1-13(2)10-17(6)11-16(12-19)8-7-9-18(16)14(20)21-15(3,4)5/h12-13H,7-11H2,1-6H3. The van der Waals surface area contributed by atoms with Crippen LogP contribution in [0, 0.1) is 5.92 Å². The summed E-state index contributed by atoms with van der Waals surface area (Å²) < 4.78 is 5.45. The third-order valence-corrected chi connectivity index (χ3v) is 3.58. The summed E-state index contributed by atoms with van der Waals surface area (Å²) in [6.07, 6.45) is 2.09. The fourth-order valence-corrected chi connectivity index (χ4v) is 2.97. The van der Waals surface area contributed by atoms with Gasteiger partial charge in [0.1, 0.15) is 17.4 Å². The number of rotatable bonds is 5. The van der Waals surface area contributed by atoms with Gasteiger partial charge in [0.05, 0.1) is 0 Å². The van der Waals surface area contributed by atoms with Crippen molar-refractivity contribution in [2.45, 2.75) is 58.6 Å². The summed E-state index contributed by atoms with van der Waals surface area (Å²) in [5, 5.41) is 0. The van der Waals surface area contributed by atoms with E-state index >= 15 is 0 Å². The van der Waals surface area contributed by atoms with Crippen molar-refractivity contribution in [1.82, 2.24) is 9.80 Å². The van der Waals surface area contributed by atoms with Crippen LogP contribution in [0.15, 0.2) is 0 Å². The minimum Gasteiger partial charge on any atom is -0.444 e. The van der Waals surface area contributed by atoms with Crippen LogP contribution in [-0.4, -0.2) is 60.0 Å². The van der Waals surface area contributed by atoms with E-state index in [0.717, 1.165) is 19.3 Å². The summed E-state index contributed by atoms with van der Waals surface area (Å²) in [6.45, 7) is 11.9. The van der Waals surface area contributed by atoms with Gasteiger partial charge in [0.15, 0.2) is 0 Å². The number of carbonyl (C=O) groups excluding carboxylic acids is 2. The molecule has 1 aliphatic rings. The van der Waals surface area contributed by atoms with Crippen LogP contribution in [0.3, 0.4) is 0 Å². The third-order valence-electron chi connectivity index (χ3n) is 3.58. The molecule has 1 fully saturated rings. The van der Waals surface area contributed by atoms with Gasteiger partial charge in [-0.1, -0.05) is 13.8 Å². The molecule has 0 aromatic rings. The molecule has 1 unspecified atom stereocenters. The van der Waals surface area contributed by atoms with Crippen molar-refractivity contribution in [2.75, 3.05) is 26.7 Å². The average Bonchev–Trinajstić information content (AvgIpc) is 2.69. The number of hydrogen-bond acceptors (Lipinski definition) is 4. The number of nitrogens with zero attached hydrogens (tertiary/aromatic N) is 2. The second-order valence-corrected chi connectivity index (χ2v) is 7.55. The highest BCUT2D eigenvalue weighted by Crippen LogP contribution is 2.30. The third kappa shape index (κ3) is 4.99. The van der Waals surface area contributed by atoms with Gasteiger partial charge in [0.2, 0.25) is 0 Å². The SMILES string of the molecule is CC(C)CN(C)CC1(C=O)CCCN1C(=O)OC(C)(C)C. The van der Waals surface area contributed by atoms with E-state index in [9.17, 15) is 9.59 Å². The molecule has 1 rings (SSSR count). The number of likely N-dealkylation sites (tertiary alicyclic amines) is 1. The van der Waals surface area contributed by atoms with E-state index in [1.54, 1.807) is 4.90 Å². The van der Waals surface area contributed by atoms with Crippen molar-refractivity contribution in [3.05, 3.63) is 0 Å². The smallest absolute Gasteiger partial charge is 0.411 e. The zero-order valence-corrected chi connectivity index (χ0v) is 14.3. The topological polar surface area (TPSA) is 49.9 Å². The first-order valence-corrected chi connectivity index (χ1v) is 7.75. The molecule has 1 heterocycles. The second kappa shape index (κ2) is 6.77. The number of amides is 1.